The Labute approximate surface area is 113 Å². The largest absolute Gasteiger partial charge is 0.507 e. The van der Waals surface area contributed by atoms with Gasteiger partial charge in [0, 0.05) is 6.07 Å². The maximum atomic E-state index is 13.0. The number of hydrogen-bond acceptors (Lipinski definition) is 4. The highest BCUT2D eigenvalue weighted by Crippen LogP contribution is 2.16. The van der Waals surface area contributed by atoms with E-state index in [4.69, 9.17) is 4.42 Å². The van der Waals surface area contributed by atoms with E-state index < -0.39 is 28.5 Å². The third-order valence-corrected chi connectivity index (χ3v) is 2.58. The topological polar surface area (TPSA) is 67.5 Å². The van der Waals surface area contributed by atoms with Gasteiger partial charge in [0.15, 0.2) is 5.78 Å². The van der Waals surface area contributed by atoms with Crippen molar-refractivity contribution in [1.82, 2.24) is 0 Å². The van der Waals surface area contributed by atoms with Gasteiger partial charge in [0.05, 0.1) is 0 Å². The first-order valence-corrected chi connectivity index (χ1v) is 5.79. The molecule has 1 heterocycles. The fourth-order valence-corrected chi connectivity index (χ4v) is 1.69. The Balaban J connectivity index is 2.32. The molecule has 0 amide bonds. The lowest BCUT2D eigenvalue weighted by Gasteiger charge is -1.99. The van der Waals surface area contributed by atoms with Crippen molar-refractivity contribution in [3.63, 3.8) is 0 Å². The summed E-state index contributed by atoms with van der Waals surface area (Å²) in [6, 6.07) is 6.80. The quantitative estimate of drug-likeness (QED) is 0.690. The van der Waals surface area contributed by atoms with Crippen LogP contribution in [0.25, 0.3) is 6.08 Å². The Morgan fingerprint density at radius 2 is 2.10 bits per heavy atom. The Morgan fingerprint density at radius 3 is 2.75 bits per heavy atom. The van der Waals surface area contributed by atoms with Crippen LogP contribution in [-0.4, -0.2) is 10.9 Å². The van der Waals surface area contributed by atoms with Crippen molar-refractivity contribution in [3.8, 4) is 5.75 Å². The van der Waals surface area contributed by atoms with Crippen LogP contribution in [0.1, 0.15) is 21.7 Å². The van der Waals surface area contributed by atoms with Crippen molar-refractivity contribution in [1.29, 1.82) is 0 Å². The van der Waals surface area contributed by atoms with E-state index in [2.05, 4.69) is 0 Å². The first kappa shape index (κ1) is 13.7. The van der Waals surface area contributed by atoms with Gasteiger partial charge < -0.3 is 9.52 Å². The van der Waals surface area contributed by atoms with Crippen LogP contribution in [0.2, 0.25) is 0 Å². The van der Waals surface area contributed by atoms with Crippen LogP contribution in [0, 0.1) is 12.7 Å². The normalized spacial score (nSPS) is 10.9. The molecule has 102 valence electrons. The molecular formula is C15H11FO4. The van der Waals surface area contributed by atoms with Crippen molar-refractivity contribution >= 4 is 11.9 Å². The molecule has 0 fully saturated rings. The van der Waals surface area contributed by atoms with Gasteiger partial charge in [0.2, 0.25) is 0 Å². The molecule has 0 radical (unpaired) electrons. The van der Waals surface area contributed by atoms with E-state index in [1.54, 1.807) is 6.07 Å². The summed E-state index contributed by atoms with van der Waals surface area (Å²) in [5, 5.41) is 9.61. The molecule has 0 atom stereocenters. The molecule has 0 unspecified atom stereocenters. The lowest BCUT2D eigenvalue weighted by molar-refractivity contribution is 0.104. The van der Waals surface area contributed by atoms with E-state index in [1.807, 2.05) is 0 Å². The molecule has 2 aromatic rings. The zero-order valence-electron chi connectivity index (χ0n) is 10.6. The highest BCUT2D eigenvalue weighted by molar-refractivity contribution is 6.08. The molecule has 0 bridgehead atoms. The maximum Gasteiger partial charge on any atom is 0.351 e. The Morgan fingerprint density at radius 1 is 1.35 bits per heavy atom. The van der Waals surface area contributed by atoms with Gasteiger partial charge in [-0.15, -0.1) is 0 Å². The number of aryl methyl sites for hydroxylation is 1. The molecular weight excluding hydrogens is 263 g/mol. The minimum absolute atomic E-state index is 0.207. The van der Waals surface area contributed by atoms with Gasteiger partial charge in [-0.05, 0) is 30.7 Å². The first-order valence-electron chi connectivity index (χ1n) is 5.79. The SMILES string of the molecule is Cc1cc(O)c(C(=O)/C=C/c2cccc(F)c2)c(=O)o1. The third-order valence-electron chi connectivity index (χ3n) is 2.58. The van der Waals surface area contributed by atoms with Crippen LogP contribution in [0.5, 0.6) is 5.75 Å². The summed E-state index contributed by atoms with van der Waals surface area (Å²) in [6.07, 6.45) is 2.43. The van der Waals surface area contributed by atoms with Gasteiger partial charge in [-0.2, -0.15) is 0 Å². The number of carbonyl (C=O) groups excluding carboxylic acids is 1. The molecule has 0 spiro atoms. The summed E-state index contributed by atoms with van der Waals surface area (Å²) < 4.78 is 17.7. The van der Waals surface area contributed by atoms with Gasteiger partial charge in [-0.3, -0.25) is 4.79 Å². The van der Waals surface area contributed by atoms with Crippen molar-refractivity contribution in [3.05, 3.63) is 69.5 Å². The van der Waals surface area contributed by atoms with Gasteiger partial charge in [-0.1, -0.05) is 18.2 Å². The van der Waals surface area contributed by atoms with E-state index >= 15 is 0 Å². The summed E-state index contributed by atoms with van der Waals surface area (Å²) in [4.78, 5) is 23.4. The number of hydrogen-bond donors (Lipinski definition) is 1. The minimum Gasteiger partial charge on any atom is -0.507 e. The van der Waals surface area contributed by atoms with Crippen LogP contribution in [-0.2, 0) is 0 Å². The van der Waals surface area contributed by atoms with Gasteiger partial charge >= 0.3 is 5.63 Å². The summed E-state index contributed by atoms with van der Waals surface area (Å²) in [5.74, 6) is -1.37. The average molecular weight is 274 g/mol. The predicted molar refractivity (Wildman–Crippen MR) is 71.1 cm³/mol. The number of ketones is 1. The predicted octanol–water partition coefficient (Wildman–Crippen LogP) is 2.69. The summed E-state index contributed by atoms with van der Waals surface area (Å²) >= 11 is 0. The molecule has 20 heavy (non-hydrogen) atoms. The highest BCUT2D eigenvalue weighted by Gasteiger charge is 2.15. The number of rotatable bonds is 3. The number of carbonyl (C=O) groups is 1. The molecule has 1 N–H and O–H groups in total. The molecule has 0 aliphatic rings. The van der Waals surface area contributed by atoms with Crippen LogP contribution >= 0.6 is 0 Å². The van der Waals surface area contributed by atoms with E-state index in [1.165, 1.54) is 37.3 Å². The first-order chi connectivity index (χ1) is 9.47. The van der Waals surface area contributed by atoms with Crippen LogP contribution in [0.15, 0.2) is 45.6 Å². The molecule has 5 heteroatoms. The Bertz CT molecular complexity index is 744. The molecule has 0 saturated carbocycles. The monoisotopic (exact) mass is 274 g/mol. The Kier molecular flexibility index (Phi) is 3.79. The lowest BCUT2D eigenvalue weighted by Crippen LogP contribution is -2.12. The molecule has 0 aliphatic carbocycles. The van der Waals surface area contributed by atoms with Crippen molar-refractivity contribution in [2.24, 2.45) is 0 Å². The summed E-state index contributed by atoms with van der Waals surface area (Å²) in [7, 11) is 0. The molecule has 1 aromatic carbocycles. The average Bonchev–Trinajstić information content (AvgIpc) is 2.35. The number of aromatic hydroxyl groups is 1. The molecule has 2 rings (SSSR count). The number of halogens is 1. The second-order valence-corrected chi connectivity index (χ2v) is 4.16. The minimum atomic E-state index is -0.906. The number of benzene rings is 1. The molecule has 0 saturated heterocycles. The molecule has 4 nitrogen and oxygen atoms in total. The molecule has 0 aliphatic heterocycles. The van der Waals surface area contributed by atoms with E-state index in [-0.39, 0.29) is 5.76 Å². The van der Waals surface area contributed by atoms with Crippen molar-refractivity contribution in [2.75, 3.05) is 0 Å². The van der Waals surface area contributed by atoms with E-state index in [0.29, 0.717) is 5.56 Å². The maximum absolute atomic E-state index is 13.0. The van der Waals surface area contributed by atoms with Gasteiger partial charge in [0.1, 0.15) is 22.9 Å². The smallest absolute Gasteiger partial charge is 0.351 e. The summed E-state index contributed by atoms with van der Waals surface area (Å²) in [6.45, 7) is 1.48. The zero-order chi connectivity index (χ0) is 14.7. The Hall–Kier alpha value is -2.69. The summed E-state index contributed by atoms with van der Waals surface area (Å²) in [5.41, 5.74) is -0.881. The van der Waals surface area contributed by atoms with Crippen molar-refractivity contribution in [2.45, 2.75) is 6.92 Å². The standard InChI is InChI=1S/C15H11FO4/c1-9-7-13(18)14(15(19)20-9)12(17)6-5-10-3-2-4-11(16)8-10/h2-8,18H,1H3/b6-5+. The highest BCUT2D eigenvalue weighted by atomic mass is 19.1. The molecule has 1 aromatic heterocycles. The van der Waals surface area contributed by atoms with Crippen LogP contribution < -0.4 is 5.63 Å². The van der Waals surface area contributed by atoms with Crippen molar-refractivity contribution < 1.29 is 18.7 Å². The third kappa shape index (κ3) is 3.00. The van der Waals surface area contributed by atoms with Crippen LogP contribution in [0.4, 0.5) is 4.39 Å². The van der Waals surface area contributed by atoms with E-state index in [9.17, 15) is 19.1 Å². The second-order valence-electron chi connectivity index (χ2n) is 4.16. The van der Waals surface area contributed by atoms with Gasteiger partial charge in [-0.25, -0.2) is 9.18 Å². The zero-order valence-corrected chi connectivity index (χ0v) is 10.6. The second kappa shape index (κ2) is 5.52. The lowest BCUT2D eigenvalue weighted by atomic mass is 10.1. The fraction of sp³-hybridized carbons (Fsp3) is 0.0667. The van der Waals surface area contributed by atoms with Gasteiger partial charge in [0.25, 0.3) is 0 Å². The van der Waals surface area contributed by atoms with Crippen LogP contribution in [0.3, 0.4) is 0 Å². The number of allylic oxidation sites excluding steroid dienone is 1. The fourth-order valence-electron chi connectivity index (χ4n) is 1.69. The van der Waals surface area contributed by atoms with E-state index in [0.717, 1.165) is 6.08 Å².